The summed E-state index contributed by atoms with van der Waals surface area (Å²) in [5, 5.41) is 16.2. The van der Waals surface area contributed by atoms with Crippen LogP contribution in [0.5, 0.6) is 5.75 Å². The summed E-state index contributed by atoms with van der Waals surface area (Å²) in [5.74, 6) is -0.266. The van der Waals surface area contributed by atoms with E-state index in [1.165, 1.54) is 25.3 Å². The van der Waals surface area contributed by atoms with E-state index < -0.39 is 10.8 Å². The number of hydrogen-bond acceptors (Lipinski definition) is 5. The van der Waals surface area contributed by atoms with Crippen molar-refractivity contribution in [2.45, 2.75) is 0 Å². The molecule has 0 aromatic heterocycles. The molecule has 0 spiro atoms. The van der Waals surface area contributed by atoms with Crippen LogP contribution in [0.25, 0.3) is 0 Å². The average molecular weight is 391 g/mol. The summed E-state index contributed by atoms with van der Waals surface area (Å²) < 4.78 is 5.07. The lowest BCUT2D eigenvalue weighted by Crippen LogP contribution is -2.18. The highest BCUT2D eigenvalue weighted by Crippen LogP contribution is 2.21. The minimum atomic E-state index is -0.543. The molecule has 0 saturated carbocycles. The van der Waals surface area contributed by atoms with E-state index in [0.717, 1.165) is 0 Å². The highest BCUT2D eigenvalue weighted by molar-refractivity contribution is 6.12. The second-order valence-corrected chi connectivity index (χ2v) is 5.99. The van der Waals surface area contributed by atoms with Gasteiger partial charge >= 0.3 is 0 Å². The van der Waals surface area contributed by atoms with Crippen LogP contribution in [0.3, 0.4) is 0 Å². The molecule has 0 atom stereocenters. The Balaban J connectivity index is 1.79. The van der Waals surface area contributed by atoms with Gasteiger partial charge in [-0.2, -0.15) is 0 Å². The molecule has 0 unspecified atom stereocenters. The fraction of sp³-hybridized carbons (Fsp3) is 0.0476. The molecule has 29 heavy (non-hydrogen) atoms. The van der Waals surface area contributed by atoms with Crippen molar-refractivity contribution in [1.82, 2.24) is 0 Å². The number of anilines is 2. The normalized spacial score (nSPS) is 10.1. The highest BCUT2D eigenvalue weighted by atomic mass is 16.6. The maximum atomic E-state index is 12.7. The van der Waals surface area contributed by atoms with Gasteiger partial charge in [0, 0.05) is 23.4 Å². The molecular formula is C21H17N3O5. The first-order chi connectivity index (χ1) is 14.0. The lowest BCUT2D eigenvalue weighted by atomic mass is 10.1. The summed E-state index contributed by atoms with van der Waals surface area (Å²) in [6, 6.07) is 18.7. The third-order valence-electron chi connectivity index (χ3n) is 4.09. The molecule has 2 amide bonds. The number of nitro groups is 1. The number of carbonyl (C=O) groups excluding carboxylic acids is 2. The second-order valence-electron chi connectivity index (χ2n) is 5.99. The van der Waals surface area contributed by atoms with Crippen molar-refractivity contribution in [2.24, 2.45) is 0 Å². The number of para-hydroxylation sites is 1. The monoisotopic (exact) mass is 391 g/mol. The molecule has 8 heteroatoms. The Morgan fingerprint density at radius 3 is 2.31 bits per heavy atom. The molecular weight excluding hydrogens is 374 g/mol. The molecule has 0 aliphatic rings. The second kappa shape index (κ2) is 8.66. The minimum absolute atomic E-state index is 0.135. The van der Waals surface area contributed by atoms with Crippen molar-refractivity contribution in [3.8, 4) is 5.75 Å². The van der Waals surface area contributed by atoms with Crippen molar-refractivity contribution < 1.29 is 19.2 Å². The van der Waals surface area contributed by atoms with E-state index in [2.05, 4.69) is 10.6 Å². The zero-order valence-electron chi connectivity index (χ0n) is 15.4. The van der Waals surface area contributed by atoms with Gasteiger partial charge in [0.1, 0.15) is 5.75 Å². The highest BCUT2D eigenvalue weighted by Gasteiger charge is 2.15. The molecule has 0 radical (unpaired) electrons. The lowest BCUT2D eigenvalue weighted by molar-refractivity contribution is -0.384. The van der Waals surface area contributed by atoms with Gasteiger partial charge in [0.05, 0.1) is 23.3 Å². The number of nitrogens with one attached hydrogen (secondary N) is 2. The molecule has 2 N–H and O–H groups in total. The van der Waals surface area contributed by atoms with Crippen LogP contribution in [0, 0.1) is 10.1 Å². The first-order valence-electron chi connectivity index (χ1n) is 8.58. The molecule has 0 fully saturated rings. The number of ether oxygens (including phenoxy) is 1. The topological polar surface area (TPSA) is 111 Å². The molecule has 0 aliphatic carbocycles. The zero-order valence-corrected chi connectivity index (χ0v) is 15.4. The number of nitrogens with zero attached hydrogens (tertiary/aromatic N) is 1. The molecule has 146 valence electrons. The van der Waals surface area contributed by atoms with Crippen molar-refractivity contribution in [3.05, 3.63) is 94.0 Å². The zero-order chi connectivity index (χ0) is 20.8. The van der Waals surface area contributed by atoms with Gasteiger partial charge in [-0.25, -0.2) is 0 Å². The summed E-state index contributed by atoms with van der Waals surface area (Å²) in [7, 11) is 1.53. The molecule has 0 heterocycles. The summed E-state index contributed by atoms with van der Waals surface area (Å²) in [6.45, 7) is 0. The maximum absolute atomic E-state index is 12.7. The van der Waals surface area contributed by atoms with Gasteiger partial charge in [0.25, 0.3) is 17.5 Å². The molecule has 0 saturated heterocycles. The Morgan fingerprint density at radius 2 is 1.62 bits per heavy atom. The summed E-state index contributed by atoms with van der Waals surface area (Å²) >= 11 is 0. The van der Waals surface area contributed by atoms with E-state index in [1.54, 1.807) is 54.6 Å². The van der Waals surface area contributed by atoms with E-state index in [0.29, 0.717) is 17.0 Å². The summed E-state index contributed by atoms with van der Waals surface area (Å²) in [4.78, 5) is 35.5. The van der Waals surface area contributed by atoms with E-state index in [9.17, 15) is 19.7 Å². The van der Waals surface area contributed by atoms with E-state index >= 15 is 0 Å². The van der Waals surface area contributed by atoms with Crippen LogP contribution < -0.4 is 15.4 Å². The number of benzene rings is 3. The third-order valence-corrected chi connectivity index (χ3v) is 4.09. The average Bonchev–Trinajstić information content (AvgIpc) is 2.74. The third kappa shape index (κ3) is 4.75. The lowest BCUT2D eigenvalue weighted by Gasteiger charge is -2.12. The largest absolute Gasteiger partial charge is 0.497 e. The van der Waals surface area contributed by atoms with Crippen molar-refractivity contribution in [2.75, 3.05) is 17.7 Å². The Labute approximate surface area is 166 Å². The van der Waals surface area contributed by atoms with Crippen molar-refractivity contribution >= 4 is 28.9 Å². The molecule has 8 nitrogen and oxygen atoms in total. The molecule has 3 aromatic carbocycles. The molecule has 3 aromatic rings. The Bertz CT molecular complexity index is 1060. The fourth-order valence-corrected chi connectivity index (χ4v) is 2.62. The number of methoxy groups -OCH3 is 1. The van der Waals surface area contributed by atoms with Crippen molar-refractivity contribution in [1.29, 1.82) is 0 Å². The van der Waals surface area contributed by atoms with Gasteiger partial charge in [-0.15, -0.1) is 0 Å². The Morgan fingerprint density at radius 1 is 0.897 bits per heavy atom. The SMILES string of the molecule is COc1ccc(C(=O)Nc2ccccc2C(=O)Nc2cccc([N+](=O)[O-])c2)cc1. The van der Waals surface area contributed by atoms with Gasteiger partial charge in [0.2, 0.25) is 0 Å². The predicted molar refractivity (Wildman–Crippen MR) is 108 cm³/mol. The Kier molecular flexibility index (Phi) is 5.84. The summed E-state index contributed by atoms with van der Waals surface area (Å²) in [5.41, 5.74) is 1.08. The molecule has 0 aliphatic heterocycles. The van der Waals surface area contributed by atoms with Gasteiger partial charge in [-0.3, -0.25) is 19.7 Å². The quantitative estimate of drug-likeness (QED) is 0.485. The number of amides is 2. The smallest absolute Gasteiger partial charge is 0.271 e. The van der Waals surface area contributed by atoms with Gasteiger partial charge in [-0.05, 0) is 42.5 Å². The maximum Gasteiger partial charge on any atom is 0.271 e. The number of nitro benzene ring substituents is 1. The molecule has 0 bridgehead atoms. The fourth-order valence-electron chi connectivity index (χ4n) is 2.62. The van der Waals surface area contributed by atoms with Crippen LogP contribution in [0.4, 0.5) is 17.1 Å². The Hall–Kier alpha value is -4.20. The van der Waals surface area contributed by atoms with Gasteiger partial charge in [0.15, 0.2) is 0 Å². The number of carbonyl (C=O) groups is 2. The van der Waals surface area contributed by atoms with Crippen molar-refractivity contribution in [3.63, 3.8) is 0 Å². The first-order valence-corrected chi connectivity index (χ1v) is 8.58. The number of rotatable bonds is 6. The number of non-ortho nitro benzene ring substituents is 1. The first kappa shape index (κ1) is 19.6. The van der Waals surface area contributed by atoms with E-state index in [1.807, 2.05) is 0 Å². The van der Waals surface area contributed by atoms with E-state index in [4.69, 9.17) is 4.74 Å². The van der Waals surface area contributed by atoms with Gasteiger partial charge < -0.3 is 15.4 Å². The number of hydrogen-bond donors (Lipinski definition) is 2. The summed E-state index contributed by atoms with van der Waals surface area (Å²) in [6.07, 6.45) is 0. The van der Waals surface area contributed by atoms with Crippen LogP contribution in [0.2, 0.25) is 0 Å². The predicted octanol–water partition coefficient (Wildman–Crippen LogP) is 4.11. The van der Waals surface area contributed by atoms with E-state index in [-0.39, 0.29) is 22.8 Å². The van der Waals surface area contributed by atoms with Crippen LogP contribution in [0.1, 0.15) is 20.7 Å². The van der Waals surface area contributed by atoms with Crippen LogP contribution in [0.15, 0.2) is 72.8 Å². The standard InChI is InChI=1S/C21H17N3O5/c1-29-17-11-9-14(10-12-17)20(25)23-19-8-3-2-7-18(19)21(26)22-15-5-4-6-16(13-15)24(27)28/h2-13H,1H3,(H,22,26)(H,23,25). The van der Waals surface area contributed by atoms with Crippen LogP contribution >= 0.6 is 0 Å². The van der Waals surface area contributed by atoms with Crippen LogP contribution in [-0.4, -0.2) is 23.8 Å². The minimum Gasteiger partial charge on any atom is -0.497 e. The van der Waals surface area contributed by atoms with Crippen LogP contribution in [-0.2, 0) is 0 Å². The molecule has 3 rings (SSSR count). The van der Waals surface area contributed by atoms with Gasteiger partial charge in [-0.1, -0.05) is 18.2 Å².